The van der Waals surface area contributed by atoms with Gasteiger partial charge in [-0.15, -0.1) is 11.3 Å². The predicted molar refractivity (Wildman–Crippen MR) is 86.4 cm³/mol. The second-order valence-corrected chi connectivity index (χ2v) is 6.67. The molecule has 2 amide bonds. The SMILES string of the molecule is CNC(=O)[C@@H]1CN(C(=O)c2sccc2C)C[C@H]1c1n[nH]c(C)n1. The fraction of sp³-hybridized carbons (Fsp3) is 0.467. The molecule has 1 aliphatic rings. The molecule has 122 valence electrons. The van der Waals surface area contributed by atoms with Crippen LogP contribution in [0.2, 0.25) is 0 Å². The maximum absolute atomic E-state index is 12.7. The number of H-pyrrole nitrogens is 1. The zero-order chi connectivity index (χ0) is 16.6. The number of hydrogen-bond acceptors (Lipinski definition) is 5. The zero-order valence-electron chi connectivity index (χ0n) is 13.3. The Balaban J connectivity index is 1.87. The summed E-state index contributed by atoms with van der Waals surface area (Å²) in [7, 11) is 1.61. The molecule has 0 aromatic carbocycles. The molecule has 0 unspecified atom stereocenters. The summed E-state index contributed by atoms with van der Waals surface area (Å²) in [6.07, 6.45) is 0. The van der Waals surface area contributed by atoms with E-state index in [0.29, 0.717) is 24.7 Å². The number of carbonyl (C=O) groups is 2. The fourth-order valence-electron chi connectivity index (χ4n) is 2.94. The number of carbonyl (C=O) groups excluding carboxylic acids is 2. The van der Waals surface area contributed by atoms with Crippen LogP contribution < -0.4 is 5.32 Å². The average molecular weight is 333 g/mol. The van der Waals surface area contributed by atoms with Crippen molar-refractivity contribution in [3.05, 3.63) is 33.5 Å². The molecule has 1 aliphatic heterocycles. The summed E-state index contributed by atoms with van der Waals surface area (Å²) in [6, 6.07) is 1.93. The Hall–Kier alpha value is -2.22. The van der Waals surface area contributed by atoms with Crippen LogP contribution in [0.1, 0.15) is 32.8 Å². The quantitative estimate of drug-likeness (QED) is 0.879. The first kappa shape index (κ1) is 15.7. The van der Waals surface area contributed by atoms with Crippen molar-refractivity contribution < 1.29 is 9.59 Å². The highest BCUT2D eigenvalue weighted by molar-refractivity contribution is 7.12. The summed E-state index contributed by atoms with van der Waals surface area (Å²) in [5, 5.41) is 11.6. The molecule has 1 fully saturated rings. The van der Waals surface area contributed by atoms with Crippen LogP contribution in [0.15, 0.2) is 11.4 Å². The lowest BCUT2D eigenvalue weighted by atomic mass is 9.94. The standard InChI is InChI=1S/C15H19N5O2S/c1-8-4-5-23-12(8)15(22)20-6-10(11(7-20)14(21)16-3)13-17-9(2)18-19-13/h4-5,10-11H,6-7H2,1-3H3,(H,16,21)(H,17,18,19)/t10-,11-/m1/s1. The Bertz CT molecular complexity index is 738. The molecule has 8 heteroatoms. The summed E-state index contributed by atoms with van der Waals surface area (Å²) < 4.78 is 0. The minimum absolute atomic E-state index is 0.0267. The number of nitrogens with one attached hydrogen (secondary N) is 2. The van der Waals surface area contributed by atoms with E-state index < -0.39 is 0 Å². The Labute approximate surface area is 138 Å². The monoisotopic (exact) mass is 333 g/mol. The van der Waals surface area contributed by atoms with Crippen molar-refractivity contribution in [2.45, 2.75) is 19.8 Å². The molecule has 2 atom stereocenters. The lowest BCUT2D eigenvalue weighted by Crippen LogP contribution is -2.33. The van der Waals surface area contributed by atoms with Gasteiger partial charge < -0.3 is 10.2 Å². The van der Waals surface area contributed by atoms with Crippen LogP contribution in [0.4, 0.5) is 0 Å². The van der Waals surface area contributed by atoms with Gasteiger partial charge in [-0.2, -0.15) is 5.10 Å². The number of aryl methyl sites for hydroxylation is 2. The van der Waals surface area contributed by atoms with E-state index in [9.17, 15) is 9.59 Å². The molecular formula is C15H19N5O2S. The van der Waals surface area contributed by atoms with E-state index >= 15 is 0 Å². The molecule has 0 spiro atoms. The third-order valence-corrected chi connectivity index (χ3v) is 5.20. The van der Waals surface area contributed by atoms with Gasteiger partial charge in [-0.05, 0) is 30.9 Å². The van der Waals surface area contributed by atoms with E-state index in [2.05, 4.69) is 20.5 Å². The number of likely N-dealkylation sites (tertiary alicyclic amines) is 1. The summed E-state index contributed by atoms with van der Waals surface area (Å²) in [5.74, 6) is 0.657. The highest BCUT2D eigenvalue weighted by Crippen LogP contribution is 2.33. The Morgan fingerprint density at radius 2 is 2.17 bits per heavy atom. The van der Waals surface area contributed by atoms with Crippen molar-refractivity contribution in [1.29, 1.82) is 0 Å². The van der Waals surface area contributed by atoms with E-state index in [1.54, 1.807) is 11.9 Å². The molecular weight excluding hydrogens is 314 g/mol. The van der Waals surface area contributed by atoms with Crippen molar-refractivity contribution in [1.82, 2.24) is 25.4 Å². The van der Waals surface area contributed by atoms with Gasteiger partial charge in [-0.25, -0.2) is 4.98 Å². The molecule has 0 saturated carbocycles. The minimum Gasteiger partial charge on any atom is -0.359 e. The van der Waals surface area contributed by atoms with E-state index in [-0.39, 0.29) is 23.7 Å². The number of hydrogen-bond donors (Lipinski definition) is 2. The van der Waals surface area contributed by atoms with Crippen molar-refractivity contribution >= 4 is 23.2 Å². The van der Waals surface area contributed by atoms with Crippen LogP contribution in [0.3, 0.4) is 0 Å². The third-order valence-electron chi connectivity index (χ3n) is 4.19. The predicted octanol–water partition coefficient (Wildman–Crippen LogP) is 1.08. The Morgan fingerprint density at radius 1 is 1.39 bits per heavy atom. The molecule has 2 N–H and O–H groups in total. The summed E-state index contributed by atoms with van der Waals surface area (Å²) in [6.45, 7) is 4.57. The second kappa shape index (κ2) is 6.11. The van der Waals surface area contributed by atoms with Gasteiger partial charge in [0, 0.05) is 20.1 Å². The minimum atomic E-state index is -0.334. The molecule has 23 heavy (non-hydrogen) atoms. The number of thiophene rings is 1. The third kappa shape index (κ3) is 2.86. The molecule has 3 heterocycles. The first-order valence-corrected chi connectivity index (χ1v) is 8.33. The van der Waals surface area contributed by atoms with Crippen LogP contribution in [0, 0.1) is 19.8 Å². The molecule has 3 rings (SSSR count). The zero-order valence-corrected chi connectivity index (χ0v) is 14.1. The van der Waals surface area contributed by atoms with Crippen LogP contribution in [-0.2, 0) is 4.79 Å². The van der Waals surface area contributed by atoms with Crippen LogP contribution in [0.25, 0.3) is 0 Å². The van der Waals surface area contributed by atoms with E-state index in [1.165, 1.54) is 11.3 Å². The second-order valence-electron chi connectivity index (χ2n) is 5.75. The normalized spacial score (nSPS) is 20.7. The van der Waals surface area contributed by atoms with Gasteiger partial charge in [0.2, 0.25) is 5.91 Å². The topological polar surface area (TPSA) is 91.0 Å². The first-order valence-electron chi connectivity index (χ1n) is 7.45. The van der Waals surface area contributed by atoms with Gasteiger partial charge in [0.15, 0.2) is 5.82 Å². The molecule has 0 bridgehead atoms. The molecule has 2 aromatic rings. The molecule has 7 nitrogen and oxygen atoms in total. The van der Waals surface area contributed by atoms with Gasteiger partial charge in [0.25, 0.3) is 5.91 Å². The lowest BCUT2D eigenvalue weighted by Gasteiger charge is -2.15. The number of nitrogens with zero attached hydrogens (tertiary/aromatic N) is 3. The first-order chi connectivity index (χ1) is 11.0. The number of aromatic amines is 1. The average Bonchev–Trinajstić information content (AvgIpc) is 3.24. The van der Waals surface area contributed by atoms with Crippen LogP contribution in [-0.4, -0.2) is 52.0 Å². The van der Waals surface area contributed by atoms with Gasteiger partial charge >= 0.3 is 0 Å². The van der Waals surface area contributed by atoms with Crippen molar-refractivity contribution in [2.24, 2.45) is 5.92 Å². The maximum atomic E-state index is 12.7. The van der Waals surface area contributed by atoms with Gasteiger partial charge in [0.05, 0.1) is 16.7 Å². The largest absolute Gasteiger partial charge is 0.359 e. The maximum Gasteiger partial charge on any atom is 0.264 e. The fourth-order valence-corrected chi connectivity index (χ4v) is 3.84. The van der Waals surface area contributed by atoms with Crippen molar-refractivity contribution in [2.75, 3.05) is 20.1 Å². The van der Waals surface area contributed by atoms with Crippen LogP contribution in [0.5, 0.6) is 0 Å². The molecule has 0 aliphatic carbocycles. The van der Waals surface area contributed by atoms with Crippen molar-refractivity contribution in [3.8, 4) is 0 Å². The number of rotatable bonds is 3. The summed E-state index contributed by atoms with van der Waals surface area (Å²) >= 11 is 1.43. The van der Waals surface area contributed by atoms with E-state index in [0.717, 1.165) is 10.4 Å². The van der Waals surface area contributed by atoms with E-state index in [1.807, 2.05) is 25.3 Å². The van der Waals surface area contributed by atoms with Crippen molar-refractivity contribution in [3.63, 3.8) is 0 Å². The lowest BCUT2D eigenvalue weighted by molar-refractivity contribution is -0.124. The summed E-state index contributed by atoms with van der Waals surface area (Å²) in [5.41, 5.74) is 0.966. The smallest absolute Gasteiger partial charge is 0.264 e. The highest BCUT2D eigenvalue weighted by Gasteiger charge is 2.42. The number of amides is 2. The van der Waals surface area contributed by atoms with E-state index in [4.69, 9.17) is 0 Å². The number of aromatic nitrogens is 3. The van der Waals surface area contributed by atoms with Gasteiger partial charge in [-0.1, -0.05) is 0 Å². The highest BCUT2D eigenvalue weighted by atomic mass is 32.1. The molecule has 1 saturated heterocycles. The van der Waals surface area contributed by atoms with Gasteiger partial charge in [-0.3, -0.25) is 14.7 Å². The Kier molecular flexibility index (Phi) is 4.16. The summed E-state index contributed by atoms with van der Waals surface area (Å²) in [4.78, 5) is 31.7. The molecule has 2 aromatic heterocycles. The Morgan fingerprint density at radius 3 is 2.74 bits per heavy atom. The molecule has 0 radical (unpaired) electrons. The van der Waals surface area contributed by atoms with Gasteiger partial charge in [0.1, 0.15) is 5.82 Å². The van der Waals surface area contributed by atoms with Crippen LogP contribution >= 0.6 is 11.3 Å².